The molecular formula is C47H58N8O7. The molecule has 7 atom stereocenters. The van der Waals surface area contributed by atoms with E-state index in [1.807, 2.05) is 56.7 Å². The predicted octanol–water partition coefficient (Wildman–Crippen LogP) is 8.31. The molecule has 3 aliphatic heterocycles. The highest BCUT2D eigenvalue weighted by atomic mass is 16.5. The van der Waals surface area contributed by atoms with E-state index in [1.54, 1.807) is 0 Å². The van der Waals surface area contributed by atoms with Crippen LogP contribution in [0.4, 0.5) is 9.59 Å². The number of nitrogens with one attached hydrogen (secondary N) is 4. The van der Waals surface area contributed by atoms with E-state index in [4.69, 9.17) is 24.2 Å². The van der Waals surface area contributed by atoms with Gasteiger partial charge in [-0.05, 0) is 97.2 Å². The number of amides is 4. The van der Waals surface area contributed by atoms with Gasteiger partial charge < -0.3 is 44.6 Å². The molecule has 8 rings (SSSR count). The first-order valence-electron chi connectivity index (χ1n) is 22.0. The Balaban J connectivity index is 1.05. The lowest BCUT2D eigenvalue weighted by Gasteiger charge is -2.34. The van der Waals surface area contributed by atoms with Crippen molar-refractivity contribution < 1.29 is 33.4 Å². The lowest BCUT2D eigenvalue weighted by atomic mass is 9.92. The summed E-state index contributed by atoms with van der Waals surface area (Å²) in [5.74, 6) is 1.74. The summed E-state index contributed by atoms with van der Waals surface area (Å²) in [6.45, 7) is 12.3. The van der Waals surface area contributed by atoms with Crippen LogP contribution in [0.2, 0.25) is 0 Å². The van der Waals surface area contributed by atoms with E-state index >= 15 is 0 Å². The largest absolute Gasteiger partial charge is 0.488 e. The van der Waals surface area contributed by atoms with Crippen LogP contribution in [0.15, 0.2) is 48.7 Å². The topological polar surface area (TPSA) is 184 Å². The predicted molar refractivity (Wildman–Crippen MR) is 235 cm³/mol. The van der Waals surface area contributed by atoms with E-state index in [0.717, 1.165) is 99.9 Å². The van der Waals surface area contributed by atoms with Crippen molar-refractivity contribution in [3.63, 3.8) is 0 Å². The number of carbonyl (C=O) groups is 4. The quantitative estimate of drug-likeness (QED) is 0.102. The molecule has 3 aromatic carbocycles. The molecule has 4 amide bonds. The van der Waals surface area contributed by atoms with Gasteiger partial charge in [0.15, 0.2) is 0 Å². The average Bonchev–Trinajstić information content (AvgIpc) is 4.11. The minimum atomic E-state index is -0.718. The molecule has 328 valence electrons. The zero-order chi connectivity index (χ0) is 44.0. The smallest absolute Gasteiger partial charge is 0.407 e. The fourth-order valence-electron chi connectivity index (χ4n) is 9.69. The molecule has 0 saturated carbocycles. The second-order valence-corrected chi connectivity index (χ2v) is 17.4. The van der Waals surface area contributed by atoms with Gasteiger partial charge in [-0.3, -0.25) is 9.59 Å². The number of hydrogen-bond acceptors (Lipinski definition) is 9. The SMILES string of the molecule is CC[C@H]1CC[C@@H](c2nc3ccc4cc5c(cc4c3[nH]2)OCc2cc(-c3cnc([C@@H]4CC[C@H](C)N4C(=O)C(NC(=O)OC)C(C)C)[nH]3)ccc2-5)N1C(=O)[C@@H](NC(=O)OC)[C@@H](C)CC. The third kappa shape index (κ3) is 7.70. The number of methoxy groups -OCH3 is 2. The Morgan fingerprint density at radius 1 is 0.839 bits per heavy atom. The highest BCUT2D eigenvalue weighted by Gasteiger charge is 2.43. The van der Waals surface area contributed by atoms with Crippen LogP contribution in [-0.2, 0) is 25.7 Å². The fourth-order valence-corrected chi connectivity index (χ4v) is 9.69. The van der Waals surface area contributed by atoms with Gasteiger partial charge in [-0.2, -0.15) is 0 Å². The van der Waals surface area contributed by atoms with E-state index < -0.39 is 24.3 Å². The van der Waals surface area contributed by atoms with Crippen molar-refractivity contribution >= 4 is 45.8 Å². The number of aromatic nitrogens is 4. The number of nitrogens with zero attached hydrogens (tertiary/aromatic N) is 4. The minimum absolute atomic E-state index is 0.0160. The van der Waals surface area contributed by atoms with Gasteiger partial charge >= 0.3 is 12.2 Å². The van der Waals surface area contributed by atoms with Crippen LogP contribution in [0.1, 0.15) is 109 Å². The second-order valence-electron chi connectivity index (χ2n) is 17.4. The molecule has 0 radical (unpaired) electrons. The molecule has 1 unspecified atom stereocenters. The molecule has 3 aliphatic rings. The molecule has 0 bridgehead atoms. The zero-order valence-corrected chi connectivity index (χ0v) is 36.8. The van der Waals surface area contributed by atoms with Gasteiger partial charge in [0.2, 0.25) is 11.8 Å². The summed E-state index contributed by atoms with van der Waals surface area (Å²) in [4.78, 5) is 73.3. The Morgan fingerprint density at radius 2 is 1.55 bits per heavy atom. The van der Waals surface area contributed by atoms with Gasteiger partial charge in [0, 0.05) is 23.0 Å². The number of fused-ring (bicyclic) bond motifs is 6. The third-order valence-corrected chi connectivity index (χ3v) is 13.4. The zero-order valence-electron chi connectivity index (χ0n) is 36.8. The lowest BCUT2D eigenvalue weighted by molar-refractivity contribution is -0.138. The summed E-state index contributed by atoms with van der Waals surface area (Å²) in [5.41, 5.74) is 6.62. The monoisotopic (exact) mass is 846 g/mol. The number of ether oxygens (including phenoxy) is 3. The van der Waals surface area contributed by atoms with Crippen LogP contribution in [0.25, 0.3) is 44.2 Å². The van der Waals surface area contributed by atoms with Crippen molar-refractivity contribution in [2.24, 2.45) is 11.8 Å². The normalized spacial score (nSPS) is 21.0. The Morgan fingerprint density at radius 3 is 2.26 bits per heavy atom. The molecule has 0 aliphatic carbocycles. The summed E-state index contributed by atoms with van der Waals surface area (Å²) in [6, 6.07) is 12.7. The molecule has 15 nitrogen and oxygen atoms in total. The van der Waals surface area contributed by atoms with Gasteiger partial charge in [-0.1, -0.05) is 59.2 Å². The number of H-pyrrole nitrogens is 2. The maximum Gasteiger partial charge on any atom is 0.407 e. The van der Waals surface area contributed by atoms with E-state index in [9.17, 15) is 19.2 Å². The Bertz CT molecular complexity index is 2510. The molecule has 15 heteroatoms. The number of imidazole rings is 2. The van der Waals surface area contributed by atoms with Gasteiger partial charge in [0.25, 0.3) is 0 Å². The summed E-state index contributed by atoms with van der Waals surface area (Å²) < 4.78 is 16.2. The molecule has 2 aromatic heterocycles. The highest BCUT2D eigenvalue weighted by molar-refractivity contribution is 6.07. The maximum absolute atomic E-state index is 14.3. The lowest BCUT2D eigenvalue weighted by Crippen LogP contribution is -2.53. The van der Waals surface area contributed by atoms with Crippen LogP contribution in [0.5, 0.6) is 5.75 Å². The number of rotatable bonds is 11. The molecule has 5 aromatic rings. The number of benzene rings is 3. The van der Waals surface area contributed by atoms with Crippen LogP contribution in [0.3, 0.4) is 0 Å². The van der Waals surface area contributed by atoms with Crippen molar-refractivity contribution in [2.45, 2.75) is 123 Å². The summed E-state index contributed by atoms with van der Waals surface area (Å²) in [6.07, 6.45) is 5.27. The third-order valence-electron chi connectivity index (χ3n) is 13.4. The first-order chi connectivity index (χ1) is 29.8. The van der Waals surface area contributed by atoms with Gasteiger partial charge in [0.1, 0.15) is 36.1 Å². The molecule has 5 heterocycles. The van der Waals surface area contributed by atoms with Crippen molar-refractivity contribution in [1.82, 2.24) is 40.4 Å². The van der Waals surface area contributed by atoms with E-state index in [2.05, 4.69) is 63.9 Å². The van der Waals surface area contributed by atoms with Crippen LogP contribution < -0.4 is 15.4 Å². The first-order valence-corrected chi connectivity index (χ1v) is 22.0. The van der Waals surface area contributed by atoms with Crippen LogP contribution in [-0.4, -0.2) is 92.1 Å². The minimum Gasteiger partial charge on any atom is -0.488 e. The standard InChI is InChI=1S/C47H58N8O7/c1-9-25(5)40(53-47(59)61-8)45(57)55-30(10-2)14-18-37(55)43-49-34-16-13-27-20-33-31-15-12-28(19-29(31)23-62-38(33)21-32(27)41(34)51-43)35-22-48-42(50-35)36-17-11-26(6)54(36)44(56)39(24(3)4)52-46(58)60-7/h12-13,15-16,19-22,24-26,30,36-37,39-40H,9-11,14,17-18,23H2,1-8H3,(H,48,50)(H,49,51)(H,52,58)(H,53,59)/t25-,26-,30-,36-,37-,39?,40-/m0/s1. The number of likely N-dealkylation sites (tertiary alicyclic amines) is 2. The Labute approximate surface area is 361 Å². The van der Waals surface area contributed by atoms with Gasteiger partial charge in [-0.25, -0.2) is 19.6 Å². The Kier molecular flexibility index (Phi) is 11.9. The first kappa shape index (κ1) is 42.6. The number of alkyl carbamates (subject to hydrolysis) is 2. The summed E-state index contributed by atoms with van der Waals surface area (Å²) in [5, 5.41) is 7.55. The van der Waals surface area contributed by atoms with Gasteiger partial charge in [-0.15, -0.1) is 0 Å². The Hall–Kier alpha value is -6.12. The fraction of sp³-hybridized carbons (Fsp3) is 0.489. The van der Waals surface area contributed by atoms with Crippen LogP contribution >= 0.6 is 0 Å². The number of hydrogen-bond donors (Lipinski definition) is 4. The van der Waals surface area contributed by atoms with Crippen molar-refractivity contribution in [3.8, 4) is 28.1 Å². The van der Waals surface area contributed by atoms with Crippen molar-refractivity contribution in [3.05, 3.63) is 65.9 Å². The van der Waals surface area contributed by atoms with E-state index in [1.165, 1.54) is 14.2 Å². The van der Waals surface area contributed by atoms with Crippen molar-refractivity contribution in [2.75, 3.05) is 14.2 Å². The summed E-state index contributed by atoms with van der Waals surface area (Å²) >= 11 is 0. The van der Waals surface area contributed by atoms with E-state index in [0.29, 0.717) is 12.4 Å². The second kappa shape index (κ2) is 17.3. The highest BCUT2D eigenvalue weighted by Crippen LogP contribution is 2.44. The van der Waals surface area contributed by atoms with Crippen molar-refractivity contribution in [1.29, 1.82) is 0 Å². The van der Waals surface area contributed by atoms with Crippen LogP contribution in [0, 0.1) is 11.8 Å². The summed E-state index contributed by atoms with van der Waals surface area (Å²) in [7, 11) is 2.60. The molecular weight excluding hydrogens is 789 g/mol. The number of carbonyl (C=O) groups excluding carboxylic acids is 4. The average molecular weight is 847 g/mol. The molecule has 2 fully saturated rings. The molecule has 2 saturated heterocycles. The van der Waals surface area contributed by atoms with E-state index in [-0.39, 0.29) is 47.8 Å². The number of aromatic amines is 2. The molecule has 4 N–H and O–H groups in total. The maximum atomic E-state index is 14.3. The van der Waals surface area contributed by atoms with Gasteiger partial charge in [0.05, 0.1) is 49.2 Å². The molecule has 0 spiro atoms. The molecule has 62 heavy (non-hydrogen) atoms.